The van der Waals surface area contributed by atoms with Gasteiger partial charge in [0.15, 0.2) is 0 Å². The molecule has 0 saturated heterocycles. The molecule has 76 valence electrons. The van der Waals surface area contributed by atoms with Crippen LogP contribution in [0.5, 0.6) is 0 Å². The number of fused-ring (bicyclic) bond motifs is 1. The summed E-state index contributed by atoms with van der Waals surface area (Å²) in [5.74, 6) is -0.422. The van der Waals surface area contributed by atoms with Crippen molar-refractivity contribution in [2.75, 3.05) is 7.11 Å². The lowest BCUT2D eigenvalue weighted by Gasteiger charge is -2.11. The molecule has 0 atom stereocenters. The zero-order chi connectivity index (χ0) is 10.9. The Hall–Kier alpha value is -1.82. The van der Waals surface area contributed by atoms with Crippen LogP contribution in [0, 0.1) is 6.57 Å². The highest BCUT2D eigenvalue weighted by atomic mass is 16.5. The van der Waals surface area contributed by atoms with Gasteiger partial charge in [-0.1, -0.05) is 24.3 Å². The van der Waals surface area contributed by atoms with Gasteiger partial charge in [0.2, 0.25) is 0 Å². The average molecular weight is 201 g/mol. The second kappa shape index (κ2) is 3.39. The van der Waals surface area contributed by atoms with E-state index in [1.807, 2.05) is 24.3 Å². The fraction of sp³-hybridized carbons (Fsp3) is 0.333. The summed E-state index contributed by atoms with van der Waals surface area (Å²) < 4.78 is 4.71. The predicted molar refractivity (Wildman–Crippen MR) is 55.2 cm³/mol. The Kier molecular flexibility index (Phi) is 2.20. The fourth-order valence-electron chi connectivity index (χ4n) is 2.05. The van der Waals surface area contributed by atoms with Crippen molar-refractivity contribution >= 4 is 5.97 Å². The molecule has 15 heavy (non-hydrogen) atoms. The number of carbonyl (C=O) groups excluding carboxylic acids is 1. The highest BCUT2D eigenvalue weighted by Crippen LogP contribution is 2.33. The molecule has 0 spiro atoms. The van der Waals surface area contributed by atoms with E-state index in [-0.39, 0.29) is 0 Å². The lowest BCUT2D eigenvalue weighted by molar-refractivity contribution is -0.145. The van der Waals surface area contributed by atoms with Gasteiger partial charge in [-0.2, -0.15) is 0 Å². The predicted octanol–water partition coefficient (Wildman–Crippen LogP) is 1.62. The first-order chi connectivity index (χ1) is 7.22. The van der Waals surface area contributed by atoms with Gasteiger partial charge in [0.25, 0.3) is 0 Å². The Labute approximate surface area is 88.5 Å². The number of carbonyl (C=O) groups is 1. The van der Waals surface area contributed by atoms with Gasteiger partial charge in [-0.15, -0.1) is 0 Å². The molecule has 0 saturated carbocycles. The molecule has 0 bridgehead atoms. The standard InChI is InChI=1S/C12H11NO2/c1-13-12(11(14)15-2)7-9-5-3-4-6-10(9)8-12/h3-6H,7-8H2,2H3. The van der Waals surface area contributed by atoms with Crippen LogP contribution in [-0.2, 0) is 22.4 Å². The first-order valence-corrected chi connectivity index (χ1v) is 4.76. The minimum atomic E-state index is -1.02. The molecule has 1 aromatic carbocycles. The highest BCUT2D eigenvalue weighted by molar-refractivity contribution is 5.85. The van der Waals surface area contributed by atoms with Crippen molar-refractivity contribution in [3.05, 3.63) is 46.8 Å². The Bertz CT molecular complexity index is 420. The largest absolute Gasteiger partial charge is 0.463 e. The molecule has 0 N–H and O–H groups in total. The number of benzene rings is 1. The molecule has 0 radical (unpaired) electrons. The maximum Gasteiger partial charge on any atom is 0.393 e. The van der Waals surface area contributed by atoms with E-state index in [0.29, 0.717) is 12.8 Å². The van der Waals surface area contributed by atoms with Crippen molar-refractivity contribution in [1.82, 2.24) is 0 Å². The van der Waals surface area contributed by atoms with Gasteiger partial charge < -0.3 is 4.74 Å². The smallest absolute Gasteiger partial charge is 0.393 e. The molecule has 0 heterocycles. The van der Waals surface area contributed by atoms with E-state index in [2.05, 4.69) is 4.85 Å². The third kappa shape index (κ3) is 1.39. The maximum absolute atomic E-state index is 11.6. The van der Waals surface area contributed by atoms with Gasteiger partial charge in [-0.05, 0) is 11.1 Å². The van der Waals surface area contributed by atoms with Crippen molar-refractivity contribution in [3.8, 4) is 0 Å². The molecule has 3 heteroatoms. The molecule has 0 unspecified atom stereocenters. The SMILES string of the molecule is [C-]#[N+]C1(C(=O)OC)Cc2ccccc2C1. The quantitative estimate of drug-likeness (QED) is 0.510. The van der Waals surface area contributed by atoms with Gasteiger partial charge in [0, 0.05) is 0 Å². The van der Waals surface area contributed by atoms with Gasteiger partial charge in [0.05, 0.1) is 20.0 Å². The van der Waals surface area contributed by atoms with E-state index in [1.165, 1.54) is 7.11 Å². The van der Waals surface area contributed by atoms with Crippen LogP contribution in [0.3, 0.4) is 0 Å². The first kappa shape index (κ1) is 9.72. The Morgan fingerprint density at radius 2 is 1.93 bits per heavy atom. The Morgan fingerprint density at radius 1 is 1.40 bits per heavy atom. The number of methoxy groups -OCH3 is 1. The van der Waals surface area contributed by atoms with Gasteiger partial charge >= 0.3 is 11.5 Å². The van der Waals surface area contributed by atoms with E-state index >= 15 is 0 Å². The second-order valence-electron chi connectivity index (χ2n) is 3.76. The van der Waals surface area contributed by atoms with E-state index < -0.39 is 11.5 Å². The molecule has 0 amide bonds. The van der Waals surface area contributed by atoms with Crippen LogP contribution in [0.2, 0.25) is 0 Å². The Balaban J connectivity index is 2.38. The van der Waals surface area contributed by atoms with Gasteiger partial charge in [-0.25, -0.2) is 11.4 Å². The molecule has 2 rings (SSSR count). The zero-order valence-corrected chi connectivity index (χ0v) is 8.49. The topological polar surface area (TPSA) is 30.7 Å². The summed E-state index contributed by atoms with van der Waals surface area (Å²) in [4.78, 5) is 15.1. The summed E-state index contributed by atoms with van der Waals surface area (Å²) in [6.07, 6.45) is 0.943. The number of ether oxygens (including phenoxy) is 1. The third-order valence-electron chi connectivity index (χ3n) is 2.86. The van der Waals surface area contributed by atoms with Gasteiger partial charge in [-0.3, -0.25) is 4.85 Å². The number of hydrogen-bond acceptors (Lipinski definition) is 2. The lowest BCUT2D eigenvalue weighted by Crippen LogP contribution is -2.37. The van der Waals surface area contributed by atoms with Crippen molar-refractivity contribution in [2.24, 2.45) is 0 Å². The minimum Gasteiger partial charge on any atom is -0.463 e. The number of hydrogen-bond donors (Lipinski definition) is 0. The van der Waals surface area contributed by atoms with Crippen LogP contribution in [0.1, 0.15) is 11.1 Å². The van der Waals surface area contributed by atoms with Crippen molar-refractivity contribution in [1.29, 1.82) is 0 Å². The second-order valence-corrected chi connectivity index (χ2v) is 3.76. The van der Waals surface area contributed by atoms with E-state index in [4.69, 9.17) is 11.3 Å². The van der Waals surface area contributed by atoms with Crippen LogP contribution in [0.15, 0.2) is 24.3 Å². The molecule has 1 aliphatic carbocycles. The highest BCUT2D eigenvalue weighted by Gasteiger charge is 2.51. The molecular formula is C12H11NO2. The minimum absolute atomic E-state index is 0.422. The molecular weight excluding hydrogens is 190 g/mol. The molecule has 1 aliphatic rings. The maximum atomic E-state index is 11.6. The molecule has 3 nitrogen and oxygen atoms in total. The molecule has 1 aromatic rings. The van der Waals surface area contributed by atoms with Crippen molar-refractivity contribution in [2.45, 2.75) is 18.4 Å². The number of rotatable bonds is 1. The summed E-state index contributed by atoms with van der Waals surface area (Å²) in [6, 6.07) is 7.78. The summed E-state index contributed by atoms with van der Waals surface area (Å²) in [5.41, 5.74) is 1.15. The number of nitrogens with zero attached hydrogens (tertiary/aromatic N) is 1. The summed E-state index contributed by atoms with van der Waals surface area (Å²) in [5, 5.41) is 0. The first-order valence-electron chi connectivity index (χ1n) is 4.76. The number of esters is 1. The van der Waals surface area contributed by atoms with Crippen molar-refractivity contribution in [3.63, 3.8) is 0 Å². The fourth-order valence-corrected chi connectivity index (χ4v) is 2.05. The Morgan fingerprint density at radius 3 is 2.33 bits per heavy atom. The van der Waals surface area contributed by atoms with Crippen LogP contribution in [-0.4, -0.2) is 18.6 Å². The average Bonchev–Trinajstić information content (AvgIpc) is 2.67. The van der Waals surface area contributed by atoms with E-state index in [0.717, 1.165) is 11.1 Å². The van der Waals surface area contributed by atoms with Crippen molar-refractivity contribution < 1.29 is 9.53 Å². The lowest BCUT2D eigenvalue weighted by atomic mass is 9.97. The monoisotopic (exact) mass is 201 g/mol. The van der Waals surface area contributed by atoms with Crippen LogP contribution in [0.4, 0.5) is 0 Å². The summed E-state index contributed by atoms with van der Waals surface area (Å²) >= 11 is 0. The van der Waals surface area contributed by atoms with Crippen LogP contribution in [0.25, 0.3) is 4.85 Å². The third-order valence-corrected chi connectivity index (χ3v) is 2.86. The normalized spacial score (nSPS) is 16.5. The van der Waals surface area contributed by atoms with Crippen LogP contribution >= 0.6 is 0 Å². The molecule has 0 aromatic heterocycles. The van der Waals surface area contributed by atoms with Crippen LogP contribution < -0.4 is 0 Å². The molecule has 0 fully saturated rings. The van der Waals surface area contributed by atoms with E-state index in [1.54, 1.807) is 0 Å². The summed E-state index contributed by atoms with van der Waals surface area (Å²) in [6.45, 7) is 7.18. The zero-order valence-electron chi connectivity index (χ0n) is 8.49. The van der Waals surface area contributed by atoms with Gasteiger partial charge in [0.1, 0.15) is 0 Å². The molecule has 0 aliphatic heterocycles. The summed E-state index contributed by atoms with van der Waals surface area (Å²) in [7, 11) is 1.33. The van der Waals surface area contributed by atoms with E-state index in [9.17, 15) is 4.79 Å².